The highest BCUT2D eigenvalue weighted by atomic mass is 32.2. The molecule has 0 amide bonds. The van der Waals surface area contributed by atoms with Gasteiger partial charge in [-0.25, -0.2) is 22.2 Å². The minimum absolute atomic E-state index is 0.0294. The standard InChI is InChI=1S/C26H26F2N2O3S/c1-16-13-18(17-7-5-8-19(14-17)34(4,32)33)11-12-22(16)30-23(15-24(29)26(2,3)31)20-9-6-10-21(27)25(20)28/h5-15,31H,29H2,1-4H3. The van der Waals surface area contributed by atoms with Crippen molar-refractivity contribution in [1.29, 1.82) is 0 Å². The van der Waals surface area contributed by atoms with E-state index in [9.17, 15) is 22.3 Å². The first-order valence-electron chi connectivity index (χ1n) is 10.4. The molecule has 0 unspecified atom stereocenters. The Bertz CT molecular complexity index is 1410. The van der Waals surface area contributed by atoms with Gasteiger partial charge in [-0.1, -0.05) is 24.3 Å². The summed E-state index contributed by atoms with van der Waals surface area (Å²) in [6.07, 6.45) is 2.47. The third-order valence-electron chi connectivity index (χ3n) is 5.26. The number of allylic oxidation sites excluding steroid dienone is 1. The molecule has 3 aromatic rings. The zero-order valence-corrected chi connectivity index (χ0v) is 20.1. The quantitative estimate of drug-likeness (QED) is 0.478. The summed E-state index contributed by atoms with van der Waals surface area (Å²) < 4.78 is 52.3. The predicted molar refractivity (Wildman–Crippen MR) is 131 cm³/mol. The van der Waals surface area contributed by atoms with Crippen LogP contribution in [-0.2, 0) is 9.84 Å². The van der Waals surface area contributed by atoms with E-state index in [0.29, 0.717) is 16.8 Å². The maximum atomic E-state index is 14.6. The second-order valence-electron chi connectivity index (χ2n) is 8.56. The molecule has 178 valence electrons. The lowest BCUT2D eigenvalue weighted by molar-refractivity contribution is 0.118. The van der Waals surface area contributed by atoms with Gasteiger partial charge in [0.25, 0.3) is 0 Å². The van der Waals surface area contributed by atoms with E-state index in [1.54, 1.807) is 37.3 Å². The number of sulfone groups is 1. The molecule has 0 bridgehead atoms. The molecule has 0 radical (unpaired) electrons. The van der Waals surface area contributed by atoms with Gasteiger partial charge in [-0.05, 0) is 79.9 Å². The lowest BCUT2D eigenvalue weighted by atomic mass is 10.0. The molecular weight excluding hydrogens is 458 g/mol. The van der Waals surface area contributed by atoms with Gasteiger partial charge < -0.3 is 10.8 Å². The van der Waals surface area contributed by atoms with E-state index in [4.69, 9.17) is 5.73 Å². The summed E-state index contributed by atoms with van der Waals surface area (Å²) in [4.78, 5) is 4.73. The molecule has 3 rings (SSSR count). The molecule has 0 aliphatic heterocycles. The normalized spacial score (nSPS) is 13.3. The molecule has 0 heterocycles. The number of hydrogen-bond acceptors (Lipinski definition) is 5. The average Bonchev–Trinajstić information content (AvgIpc) is 2.75. The summed E-state index contributed by atoms with van der Waals surface area (Å²) in [5, 5.41) is 10.2. The molecule has 0 saturated carbocycles. The molecule has 3 N–H and O–H groups in total. The van der Waals surface area contributed by atoms with Gasteiger partial charge in [0.05, 0.1) is 21.9 Å². The van der Waals surface area contributed by atoms with Crippen LogP contribution in [0.5, 0.6) is 0 Å². The molecule has 0 aromatic heterocycles. The second-order valence-corrected chi connectivity index (χ2v) is 10.6. The Hall–Kier alpha value is -3.36. The molecule has 0 spiro atoms. The van der Waals surface area contributed by atoms with Gasteiger partial charge in [-0.2, -0.15) is 0 Å². The number of nitrogens with zero attached hydrogens (tertiary/aromatic N) is 1. The zero-order chi connectivity index (χ0) is 25.3. The van der Waals surface area contributed by atoms with Gasteiger partial charge in [0.2, 0.25) is 0 Å². The molecule has 0 saturated heterocycles. The Labute approximate surface area is 198 Å². The predicted octanol–water partition coefficient (Wildman–Crippen LogP) is 5.08. The summed E-state index contributed by atoms with van der Waals surface area (Å²) in [5.74, 6) is -2.11. The van der Waals surface area contributed by atoms with Crippen LogP contribution in [0, 0.1) is 18.6 Å². The lowest BCUT2D eigenvalue weighted by Gasteiger charge is -2.18. The van der Waals surface area contributed by atoms with E-state index in [0.717, 1.165) is 17.9 Å². The number of aliphatic imine (C=N–C) groups is 1. The Morgan fingerprint density at radius 2 is 1.68 bits per heavy atom. The van der Waals surface area contributed by atoms with Crippen LogP contribution in [0.2, 0.25) is 0 Å². The maximum Gasteiger partial charge on any atom is 0.175 e. The van der Waals surface area contributed by atoms with Crippen molar-refractivity contribution in [2.45, 2.75) is 31.3 Å². The lowest BCUT2D eigenvalue weighted by Crippen LogP contribution is -2.28. The highest BCUT2D eigenvalue weighted by Gasteiger charge is 2.19. The Morgan fingerprint density at radius 1 is 1.03 bits per heavy atom. The number of aryl methyl sites for hydroxylation is 1. The number of nitrogens with two attached hydrogens (primary N) is 1. The van der Waals surface area contributed by atoms with Gasteiger partial charge in [-0.3, -0.25) is 0 Å². The smallest absolute Gasteiger partial charge is 0.175 e. The summed E-state index contributed by atoms with van der Waals surface area (Å²) in [5.41, 5.74) is 7.24. The topological polar surface area (TPSA) is 92.8 Å². The highest BCUT2D eigenvalue weighted by molar-refractivity contribution is 7.90. The van der Waals surface area contributed by atoms with Crippen molar-refractivity contribution in [2.24, 2.45) is 10.7 Å². The first-order valence-corrected chi connectivity index (χ1v) is 12.3. The van der Waals surface area contributed by atoms with Crippen LogP contribution >= 0.6 is 0 Å². The summed E-state index contributed by atoms with van der Waals surface area (Å²) in [6, 6.07) is 15.6. The molecule has 8 heteroatoms. The summed E-state index contributed by atoms with van der Waals surface area (Å²) in [6.45, 7) is 4.75. The SMILES string of the molecule is Cc1cc(-c2cccc(S(C)(=O)=O)c2)ccc1N=C(C=C(N)C(C)(C)O)c1cccc(F)c1F. The second kappa shape index (κ2) is 9.48. The van der Waals surface area contributed by atoms with Crippen LogP contribution in [0.1, 0.15) is 25.0 Å². The van der Waals surface area contributed by atoms with Crippen LogP contribution in [0.15, 0.2) is 82.3 Å². The first kappa shape index (κ1) is 25.3. The Kier molecular flexibility index (Phi) is 7.05. The van der Waals surface area contributed by atoms with Gasteiger partial charge in [0, 0.05) is 17.5 Å². The maximum absolute atomic E-state index is 14.6. The van der Waals surface area contributed by atoms with Gasteiger partial charge >= 0.3 is 0 Å². The zero-order valence-electron chi connectivity index (χ0n) is 19.3. The molecular formula is C26H26F2N2O3S. The number of rotatable bonds is 6. The van der Waals surface area contributed by atoms with Crippen LogP contribution in [-0.4, -0.2) is 31.1 Å². The van der Waals surface area contributed by atoms with Crippen LogP contribution in [0.4, 0.5) is 14.5 Å². The average molecular weight is 485 g/mol. The highest BCUT2D eigenvalue weighted by Crippen LogP contribution is 2.29. The van der Waals surface area contributed by atoms with E-state index in [1.807, 2.05) is 6.07 Å². The fourth-order valence-corrected chi connectivity index (χ4v) is 3.86. The minimum Gasteiger partial charge on any atom is -0.400 e. The van der Waals surface area contributed by atoms with Crippen molar-refractivity contribution in [2.75, 3.05) is 6.26 Å². The molecule has 0 fully saturated rings. The van der Waals surface area contributed by atoms with Crippen molar-refractivity contribution < 1.29 is 22.3 Å². The van der Waals surface area contributed by atoms with E-state index in [-0.39, 0.29) is 21.9 Å². The van der Waals surface area contributed by atoms with Crippen LogP contribution in [0.25, 0.3) is 11.1 Å². The van der Waals surface area contributed by atoms with E-state index in [1.165, 1.54) is 38.1 Å². The van der Waals surface area contributed by atoms with E-state index in [2.05, 4.69) is 4.99 Å². The fraction of sp³-hybridized carbons (Fsp3) is 0.192. The largest absolute Gasteiger partial charge is 0.400 e. The Balaban J connectivity index is 2.13. The van der Waals surface area contributed by atoms with Crippen molar-refractivity contribution in [3.63, 3.8) is 0 Å². The van der Waals surface area contributed by atoms with Crippen molar-refractivity contribution in [3.8, 4) is 11.1 Å². The first-order chi connectivity index (χ1) is 15.8. The molecule has 3 aromatic carbocycles. The van der Waals surface area contributed by atoms with Crippen molar-refractivity contribution >= 4 is 21.2 Å². The number of hydrogen-bond donors (Lipinski definition) is 2. The van der Waals surface area contributed by atoms with Gasteiger partial charge in [0.15, 0.2) is 21.5 Å². The third kappa shape index (κ3) is 5.76. The van der Waals surface area contributed by atoms with E-state index >= 15 is 0 Å². The van der Waals surface area contributed by atoms with Gasteiger partial charge in [-0.15, -0.1) is 0 Å². The van der Waals surface area contributed by atoms with Gasteiger partial charge in [0.1, 0.15) is 0 Å². The molecule has 0 atom stereocenters. The monoisotopic (exact) mass is 484 g/mol. The fourth-order valence-electron chi connectivity index (χ4n) is 3.19. The van der Waals surface area contributed by atoms with Crippen molar-refractivity contribution in [3.05, 3.63) is 95.2 Å². The summed E-state index contributed by atoms with van der Waals surface area (Å²) in [7, 11) is -3.36. The number of halogens is 2. The molecule has 34 heavy (non-hydrogen) atoms. The number of aliphatic hydroxyl groups is 1. The number of benzene rings is 3. The van der Waals surface area contributed by atoms with Crippen LogP contribution in [0.3, 0.4) is 0 Å². The Morgan fingerprint density at radius 3 is 2.29 bits per heavy atom. The molecule has 0 aliphatic rings. The molecule has 0 aliphatic carbocycles. The van der Waals surface area contributed by atoms with Crippen LogP contribution < -0.4 is 5.73 Å². The summed E-state index contributed by atoms with van der Waals surface area (Å²) >= 11 is 0. The minimum atomic E-state index is -3.36. The van der Waals surface area contributed by atoms with Crippen molar-refractivity contribution in [1.82, 2.24) is 0 Å². The van der Waals surface area contributed by atoms with E-state index < -0.39 is 27.1 Å². The third-order valence-corrected chi connectivity index (χ3v) is 6.37. The molecule has 5 nitrogen and oxygen atoms in total.